The summed E-state index contributed by atoms with van der Waals surface area (Å²) in [6, 6.07) is 12.6. The van der Waals surface area contributed by atoms with Crippen molar-refractivity contribution in [1.82, 2.24) is 19.7 Å². The third-order valence-corrected chi connectivity index (χ3v) is 7.03. The fraction of sp³-hybridized carbons (Fsp3) is 0.400. The first-order valence-electron chi connectivity index (χ1n) is 11.4. The number of thioether (sulfide) groups is 1. The van der Waals surface area contributed by atoms with E-state index >= 15 is 0 Å². The van der Waals surface area contributed by atoms with E-state index in [2.05, 4.69) is 37.9 Å². The summed E-state index contributed by atoms with van der Waals surface area (Å²) in [5.41, 5.74) is 3.32. The summed E-state index contributed by atoms with van der Waals surface area (Å²) in [7, 11) is 0. The van der Waals surface area contributed by atoms with E-state index in [0.29, 0.717) is 18.3 Å². The molecule has 0 aliphatic heterocycles. The number of nitrogens with zero attached hydrogens (tertiary/aromatic N) is 4. The van der Waals surface area contributed by atoms with Crippen molar-refractivity contribution >= 4 is 17.7 Å². The molecule has 1 aromatic carbocycles. The molecule has 2 aliphatic rings. The number of rotatable bonds is 8. The van der Waals surface area contributed by atoms with Crippen molar-refractivity contribution in [2.45, 2.75) is 63.2 Å². The molecule has 166 valence electrons. The average molecular weight is 449 g/mol. The van der Waals surface area contributed by atoms with E-state index in [4.69, 9.17) is 4.42 Å². The lowest BCUT2D eigenvalue weighted by Gasteiger charge is -2.27. The van der Waals surface area contributed by atoms with E-state index in [1.54, 1.807) is 6.26 Å². The van der Waals surface area contributed by atoms with Crippen LogP contribution in [0.15, 0.2) is 64.0 Å². The van der Waals surface area contributed by atoms with Crippen LogP contribution in [0.1, 0.15) is 49.8 Å². The number of hydrogen-bond donors (Lipinski definition) is 0. The maximum atomic E-state index is 13.2. The number of carbonyl (C=O) groups excluding carboxylic acids is 1. The van der Waals surface area contributed by atoms with Crippen molar-refractivity contribution in [1.29, 1.82) is 0 Å². The molecule has 1 amide bonds. The molecule has 0 atom stereocenters. The third-order valence-electron chi connectivity index (χ3n) is 6.08. The molecule has 0 bridgehead atoms. The van der Waals surface area contributed by atoms with Gasteiger partial charge in [0.25, 0.3) is 0 Å². The molecule has 3 aromatic rings. The zero-order valence-electron chi connectivity index (χ0n) is 18.4. The van der Waals surface area contributed by atoms with E-state index in [9.17, 15) is 4.79 Å². The molecule has 7 heteroatoms. The number of aromatic nitrogens is 3. The lowest BCUT2D eigenvalue weighted by molar-refractivity contribution is -0.127. The van der Waals surface area contributed by atoms with E-state index in [1.165, 1.54) is 30.3 Å². The predicted molar refractivity (Wildman–Crippen MR) is 125 cm³/mol. The smallest absolute Gasteiger partial charge is 0.237 e. The Balaban J connectivity index is 1.38. The number of aryl methyl sites for hydroxylation is 1. The monoisotopic (exact) mass is 448 g/mol. The predicted octanol–water partition coefficient (Wildman–Crippen LogP) is 5.44. The van der Waals surface area contributed by atoms with Gasteiger partial charge >= 0.3 is 0 Å². The summed E-state index contributed by atoms with van der Waals surface area (Å²) in [5, 5.41) is 9.69. The summed E-state index contributed by atoms with van der Waals surface area (Å²) in [6.07, 6.45) is 10.7. The van der Waals surface area contributed by atoms with Crippen LogP contribution in [0.3, 0.4) is 0 Å². The zero-order chi connectivity index (χ0) is 21.9. The molecule has 0 radical (unpaired) electrons. The molecule has 0 spiro atoms. The van der Waals surface area contributed by atoms with Gasteiger partial charge in [-0.1, -0.05) is 48.2 Å². The van der Waals surface area contributed by atoms with Gasteiger partial charge in [0, 0.05) is 11.7 Å². The Kier molecular flexibility index (Phi) is 6.17. The van der Waals surface area contributed by atoms with Gasteiger partial charge in [0.2, 0.25) is 5.91 Å². The fourth-order valence-corrected chi connectivity index (χ4v) is 5.08. The van der Waals surface area contributed by atoms with Crippen molar-refractivity contribution in [3.05, 3.63) is 65.8 Å². The molecule has 2 aromatic heterocycles. The minimum atomic E-state index is 0.181. The van der Waals surface area contributed by atoms with E-state index < -0.39 is 0 Å². The van der Waals surface area contributed by atoms with Gasteiger partial charge in [-0.05, 0) is 57.1 Å². The highest BCUT2D eigenvalue weighted by Crippen LogP contribution is 2.35. The second-order valence-corrected chi connectivity index (χ2v) is 9.44. The Morgan fingerprint density at radius 2 is 2.03 bits per heavy atom. The normalized spacial score (nSPS) is 16.1. The zero-order valence-corrected chi connectivity index (χ0v) is 19.2. The topological polar surface area (TPSA) is 64.2 Å². The summed E-state index contributed by atoms with van der Waals surface area (Å²) in [5.74, 6) is 2.12. The fourth-order valence-electron chi connectivity index (χ4n) is 4.29. The Morgan fingerprint density at radius 3 is 2.72 bits per heavy atom. The van der Waals surface area contributed by atoms with Crippen molar-refractivity contribution in [3.8, 4) is 11.4 Å². The summed E-state index contributed by atoms with van der Waals surface area (Å²) in [4.78, 5) is 15.3. The van der Waals surface area contributed by atoms with Crippen molar-refractivity contribution in [2.24, 2.45) is 0 Å². The number of allylic oxidation sites excluding steroid dienone is 2. The maximum Gasteiger partial charge on any atom is 0.237 e. The molecule has 1 saturated carbocycles. The van der Waals surface area contributed by atoms with E-state index in [1.807, 2.05) is 31.2 Å². The van der Waals surface area contributed by atoms with Gasteiger partial charge in [0.1, 0.15) is 5.76 Å². The first-order chi connectivity index (χ1) is 15.7. The number of hydrogen-bond acceptors (Lipinski definition) is 5. The van der Waals surface area contributed by atoms with Gasteiger partial charge in [-0.3, -0.25) is 9.36 Å². The van der Waals surface area contributed by atoms with E-state index in [-0.39, 0.29) is 5.91 Å². The summed E-state index contributed by atoms with van der Waals surface area (Å²) in [6.45, 7) is 2.57. The van der Waals surface area contributed by atoms with Crippen LogP contribution in [-0.4, -0.2) is 37.4 Å². The number of carbonyl (C=O) groups is 1. The number of benzene rings is 1. The highest BCUT2D eigenvalue weighted by molar-refractivity contribution is 7.99. The first-order valence-corrected chi connectivity index (χ1v) is 12.3. The third kappa shape index (κ3) is 4.53. The molecule has 2 aliphatic carbocycles. The van der Waals surface area contributed by atoms with Gasteiger partial charge in [0.05, 0.1) is 24.1 Å². The second kappa shape index (κ2) is 9.36. The molecular formula is C25H28N4O2S. The minimum absolute atomic E-state index is 0.181. The maximum absolute atomic E-state index is 13.2. The molecule has 0 saturated heterocycles. The van der Waals surface area contributed by atoms with Crippen LogP contribution in [0.5, 0.6) is 0 Å². The average Bonchev–Trinajstić information content (AvgIpc) is 3.44. The quantitative estimate of drug-likeness (QED) is 0.430. The van der Waals surface area contributed by atoms with Gasteiger partial charge in [0.15, 0.2) is 11.0 Å². The van der Waals surface area contributed by atoms with Crippen LogP contribution in [0.4, 0.5) is 0 Å². The standard InChI is InChI=1S/C25H28N4O2S/c1-18-22(14-15-31-18)24-26-27-25(28(24)16-19-8-4-2-5-9-19)32-17-23(30)29(21-12-13-21)20-10-6-3-7-11-20/h2,4-5,8-10,14-15,21H,3,6-7,11-13,16-17H2,1H3. The van der Waals surface area contributed by atoms with Gasteiger partial charge in [-0.25, -0.2) is 0 Å². The Labute approximate surface area is 192 Å². The molecule has 5 rings (SSSR count). The van der Waals surface area contributed by atoms with Crippen LogP contribution in [0, 0.1) is 6.92 Å². The Hall–Kier alpha value is -2.80. The second-order valence-electron chi connectivity index (χ2n) is 8.49. The largest absolute Gasteiger partial charge is 0.469 e. The van der Waals surface area contributed by atoms with Crippen LogP contribution in [0.2, 0.25) is 0 Å². The molecule has 1 fully saturated rings. The highest BCUT2D eigenvalue weighted by Gasteiger charge is 2.35. The van der Waals surface area contributed by atoms with Gasteiger partial charge < -0.3 is 9.32 Å². The molecular weight excluding hydrogens is 420 g/mol. The first kappa shape index (κ1) is 21.1. The van der Waals surface area contributed by atoms with Crippen LogP contribution >= 0.6 is 11.8 Å². The Bertz CT molecular complexity index is 1110. The lowest BCUT2D eigenvalue weighted by Crippen LogP contribution is -2.34. The molecule has 6 nitrogen and oxygen atoms in total. The Morgan fingerprint density at radius 1 is 1.19 bits per heavy atom. The van der Waals surface area contributed by atoms with E-state index in [0.717, 1.165) is 53.6 Å². The number of amides is 1. The van der Waals surface area contributed by atoms with Crippen LogP contribution in [-0.2, 0) is 11.3 Å². The van der Waals surface area contributed by atoms with Gasteiger partial charge in [-0.2, -0.15) is 0 Å². The van der Waals surface area contributed by atoms with Gasteiger partial charge in [-0.15, -0.1) is 10.2 Å². The van der Waals surface area contributed by atoms with Crippen molar-refractivity contribution in [2.75, 3.05) is 5.75 Å². The van der Waals surface area contributed by atoms with Crippen LogP contribution < -0.4 is 0 Å². The summed E-state index contributed by atoms with van der Waals surface area (Å²) >= 11 is 1.48. The lowest BCUT2D eigenvalue weighted by atomic mass is 10.0. The molecule has 0 N–H and O–H groups in total. The summed E-state index contributed by atoms with van der Waals surface area (Å²) < 4.78 is 7.60. The van der Waals surface area contributed by atoms with Crippen molar-refractivity contribution in [3.63, 3.8) is 0 Å². The molecule has 0 unspecified atom stereocenters. The van der Waals surface area contributed by atoms with Crippen molar-refractivity contribution < 1.29 is 9.21 Å². The SMILES string of the molecule is Cc1occc1-c1nnc(SCC(=O)N(C2=CCCCC2)C2CC2)n1Cc1ccccc1. The van der Waals surface area contributed by atoms with Crippen LogP contribution in [0.25, 0.3) is 11.4 Å². The highest BCUT2D eigenvalue weighted by atomic mass is 32.2. The minimum Gasteiger partial charge on any atom is -0.469 e. The molecule has 2 heterocycles. The molecule has 32 heavy (non-hydrogen) atoms. The number of furan rings is 1.